The van der Waals surface area contributed by atoms with Gasteiger partial charge >= 0.3 is 5.97 Å². The van der Waals surface area contributed by atoms with Gasteiger partial charge < -0.3 is 14.8 Å². The van der Waals surface area contributed by atoms with E-state index in [1.807, 2.05) is 18.2 Å². The average Bonchev–Trinajstić information content (AvgIpc) is 3.25. The number of nitriles is 1. The number of rotatable bonds is 7. The molecule has 3 rings (SSSR count). The molecule has 0 unspecified atom stereocenters. The molecule has 2 aromatic rings. The second-order valence-electron chi connectivity index (χ2n) is 6.26. The maximum absolute atomic E-state index is 12.4. The number of esters is 1. The van der Waals surface area contributed by atoms with Gasteiger partial charge in [-0.25, -0.2) is 4.79 Å². The van der Waals surface area contributed by atoms with Crippen LogP contribution in [0, 0.1) is 11.3 Å². The quantitative estimate of drug-likeness (QED) is 0.568. The second kappa shape index (κ2) is 9.93. The van der Waals surface area contributed by atoms with Gasteiger partial charge in [0.25, 0.3) is 5.91 Å². The predicted molar refractivity (Wildman–Crippen MR) is 106 cm³/mol. The summed E-state index contributed by atoms with van der Waals surface area (Å²) in [5, 5.41) is 11.4. The molecule has 1 atom stereocenters. The Bertz CT molecular complexity index is 871. The first-order valence-corrected chi connectivity index (χ1v) is 9.95. The predicted octanol–water partition coefficient (Wildman–Crippen LogP) is 3.62. The van der Waals surface area contributed by atoms with Gasteiger partial charge in [-0.1, -0.05) is 12.1 Å². The van der Waals surface area contributed by atoms with Crippen LogP contribution in [-0.4, -0.2) is 36.9 Å². The molecule has 0 spiro atoms. The molecule has 144 valence electrons. The van der Waals surface area contributed by atoms with E-state index in [-0.39, 0.29) is 12.7 Å². The van der Waals surface area contributed by atoms with Gasteiger partial charge in [0.05, 0.1) is 23.3 Å². The number of carbonyl (C=O) groups excluding carboxylic acids is 2. The zero-order valence-corrected chi connectivity index (χ0v) is 16.0. The highest BCUT2D eigenvalue weighted by atomic mass is 32.2. The molecule has 1 amide bonds. The number of ether oxygens (including phenoxy) is 2. The third-order valence-corrected chi connectivity index (χ3v) is 5.39. The van der Waals surface area contributed by atoms with Crippen LogP contribution in [0.4, 0.5) is 5.69 Å². The van der Waals surface area contributed by atoms with Crippen molar-refractivity contribution in [1.29, 1.82) is 5.26 Å². The van der Waals surface area contributed by atoms with Gasteiger partial charge in [-0.3, -0.25) is 4.79 Å². The van der Waals surface area contributed by atoms with Crippen LogP contribution in [0.2, 0.25) is 0 Å². The van der Waals surface area contributed by atoms with E-state index in [0.717, 1.165) is 30.1 Å². The van der Waals surface area contributed by atoms with Crippen molar-refractivity contribution in [2.75, 3.05) is 24.3 Å². The first-order chi connectivity index (χ1) is 13.7. The Morgan fingerprint density at radius 2 is 2.00 bits per heavy atom. The fourth-order valence-corrected chi connectivity index (χ4v) is 3.86. The fourth-order valence-electron chi connectivity index (χ4n) is 2.75. The largest absolute Gasteiger partial charge is 0.452 e. The lowest BCUT2D eigenvalue weighted by Crippen LogP contribution is -2.21. The molecule has 28 heavy (non-hydrogen) atoms. The summed E-state index contributed by atoms with van der Waals surface area (Å²) < 4.78 is 10.8. The van der Waals surface area contributed by atoms with Crippen LogP contribution in [0.3, 0.4) is 0 Å². The Balaban J connectivity index is 1.52. The van der Waals surface area contributed by atoms with Gasteiger partial charge in [-0.05, 0) is 49.2 Å². The van der Waals surface area contributed by atoms with Crippen LogP contribution in [0.25, 0.3) is 0 Å². The SMILES string of the molecule is N#Cc1ccc(NC(=O)COC(=O)c2ccccc2SC[C@@H]2CCCO2)cc1. The molecule has 1 aliphatic rings. The van der Waals surface area contributed by atoms with Crippen molar-refractivity contribution in [1.82, 2.24) is 0 Å². The van der Waals surface area contributed by atoms with E-state index in [1.165, 1.54) is 0 Å². The van der Waals surface area contributed by atoms with Crippen molar-refractivity contribution in [3.63, 3.8) is 0 Å². The number of nitrogens with zero attached hydrogens (tertiary/aromatic N) is 1. The van der Waals surface area contributed by atoms with Crippen molar-refractivity contribution in [2.45, 2.75) is 23.8 Å². The van der Waals surface area contributed by atoms with E-state index >= 15 is 0 Å². The van der Waals surface area contributed by atoms with Gasteiger partial charge in [-0.15, -0.1) is 11.8 Å². The number of benzene rings is 2. The monoisotopic (exact) mass is 396 g/mol. The molecule has 0 bridgehead atoms. The number of carbonyl (C=O) groups is 2. The number of amides is 1. The van der Waals surface area contributed by atoms with E-state index in [4.69, 9.17) is 14.7 Å². The Hall–Kier alpha value is -2.82. The number of anilines is 1. The number of thioether (sulfide) groups is 1. The first-order valence-electron chi connectivity index (χ1n) is 8.96. The summed E-state index contributed by atoms with van der Waals surface area (Å²) in [5.41, 5.74) is 1.48. The summed E-state index contributed by atoms with van der Waals surface area (Å²) in [5.74, 6) is -0.198. The van der Waals surface area contributed by atoms with Gasteiger partial charge in [0.2, 0.25) is 0 Å². The van der Waals surface area contributed by atoms with Crippen LogP contribution >= 0.6 is 11.8 Å². The second-order valence-corrected chi connectivity index (χ2v) is 7.32. The molecule has 1 fully saturated rings. The smallest absolute Gasteiger partial charge is 0.339 e. The Morgan fingerprint density at radius 1 is 1.21 bits per heavy atom. The highest BCUT2D eigenvalue weighted by Crippen LogP contribution is 2.27. The minimum Gasteiger partial charge on any atom is -0.452 e. The molecular weight excluding hydrogens is 376 g/mol. The van der Waals surface area contributed by atoms with Gasteiger partial charge in [0, 0.05) is 22.9 Å². The van der Waals surface area contributed by atoms with Crippen LogP contribution in [-0.2, 0) is 14.3 Å². The lowest BCUT2D eigenvalue weighted by Gasteiger charge is -2.12. The normalized spacial score (nSPS) is 15.6. The molecule has 1 saturated heterocycles. The average molecular weight is 396 g/mol. The third kappa shape index (κ3) is 5.59. The number of nitrogens with one attached hydrogen (secondary N) is 1. The topological polar surface area (TPSA) is 88.4 Å². The van der Waals surface area contributed by atoms with Crippen LogP contribution in [0.5, 0.6) is 0 Å². The van der Waals surface area contributed by atoms with E-state index < -0.39 is 11.9 Å². The van der Waals surface area contributed by atoms with Crippen LogP contribution < -0.4 is 5.32 Å². The van der Waals surface area contributed by atoms with Crippen molar-refractivity contribution in [3.05, 3.63) is 59.7 Å². The molecule has 1 N–H and O–H groups in total. The molecule has 0 aliphatic carbocycles. The Kier molecular flexibility index (Phi) is 7.06. The summed E-state index contributed by atoms with van der Waals surface area (Å²) in [4.78, 5) is 25.2. The number of hydrogen-bond donors (Lipinski definition) is 1. The van der Waals surface area contributed by atoms with E-state index in [2.05, 4.69) is 5.32 Å². The van der Waals surface area contributed by atoms with Crippen LogP contribution in [0.1, 0.15) is 28.8 Å². The van der Waals surface area contributed by atoms with Crippen molar-refractivity contribution >= 4 is 29.3 Å². The molecule has 2 aromatic carbocycles. The van der Waals surface area contributed by atoms with Crippen molar-refractivity contribution in [3.8, 4) is 6.07 Å². The third-order valence-electron chi connectivity index (χ3n) is 4.19. The highest BCUT2D eigenvalue weighted by Gasteiger charge is 2.19. The zero-order valence-electron chi connectivity index (χ0n) is 15.2. The molecule has 1 aliphatic heterocycles. The number of hydrogen-bond acceptors (Lipinski definition) is 6. The molecule has 6 nitrogen and oxygen atoms in total. The highest BCUT2D eigenvalue weighted by molar-refractivity contribution is 7.99. The van der Waals surface area contributed by atoms with Crippen molar-refractivity contribution < 1.29 is 19.1 Å². The molecule has 0 saturated carbocycles. The molecule has 7 heteroatoms. The van der Waals surface area contributed by atoms with Gasteiger partial charge in [0.1, 0.15) is 0 Å². The van der Waals surface area contributed by atoms with Gasteiger partial charge in [0.15, 0.2) is 6.61 Å². The lowest BCUT2D eigenvalue weighted by atomic mass is 10.2. The van der Waals surface area contributed by atoms with Gasteiger partial charge in [-0.2, -0.15) is 5.26 Å². The minimum absolute atomic E-state index is 0.215. The summed E-state index contributed by atoms with van der Waals surface area (Å²) in [6.07, 6.45) is 2.32. The molecule has 0 radical (unpaired) electrons. The van der Waals surface area contributed by atoms with Crippen molar-refractivity contribution in [2.24, 2.45) is 0 Å². The van der Waals surface area contributed by atoms with E-state index in [0.29, 0.717) is 16.8 Å². The Morgan fingerprint density at radius 3 is 2.71 bits per heavy atom. The standard InChI is InChI=1S/C21H20N2O4S/c22-12-15-7-9-16(10-8-15)23-20(24)13-27-21(25)18-5-1-2-6-19(18)28-14-17-4-3-11-26-17/h1-2,5-10,17H,3-4,11,13-14H2,(H,23,24)/t17-/m0/s1. The molecule has 0 aromatic heterocycles. The fraction of sp³-hybridized carbons (Fsp3) is 0.286. The van der Waals surface area contributed by atoms with E-state index in [9.17, 15) is 9.59 Å². The van der Waals surface area contributed by atoms with Crippen LogP contribution in [0.15, 0.2) is 53.4 Å². The zero-order chi connectivity index (χ0) is 19.8. The maximum Gasteiger partial charge on any atom is 0.339 e. The van der Waals surface area contributed by atoms with E-state index in [1.54, 1.807) is 48.2 Å². The summed E-state index contributed by atoms with van der Waals surface area (Å²) in [7, 11) is 0. The summed E-state index contributed by atoms with van der Waals surface area (Å²) in [6, 6.07) is 15.6. The summed E-state index contributed by atoms with van der Waals surface area (Å²) >= 11 is 1.56. The maximum atomic E-state index is 12.4. The first kappa shape index (κ1) is 19.9. The summed E-state index contributed by atoms with van der Waals surface area (Å²) in [6.45, 7) is 0.410. The Labute approximate surface area is 167 Å². The molecule has 1 heterocycles. The lowest BCUT2D eigenvalue weighted by molar-refractivity contribution is -0.119. The molecular formula is C21H20N2O4S. The minimum atomic E-state index is -0.537.